The first-order valence-corrected chi connectivity index (χ1v) is 5.74. The highest BCUT2D eigenvalue weighted by atomic mass is 16.7. The van der Waals surface area contributed by atoms with Crippen molar-refractivity contribution in [3.8, 4) is 12.5 Å². The molecule has 0 saturated carbocycles. The topological polar surface area (TPSA) is 35.5 Å². The normalized spacial score (nSPS) is 9.68. The van der Waals surface area contributed by atoms with E-state index in [1.54, 1.807) is 6.11 Å². The lowest BCUT2D eigenvalue weighted by molar-refractivity contribution is 0.0653. The Bertz CT molecular complexity index is 530. The fourth-order valence-electron chi connectivity index (χ4n) is 1.75. The Labute approximate surface area is 111 Å². The molecule has 0 aliphatic rings. The third-order valence-corrected chi connectivity index (χ3v) is 2.56. The number of carbonyl (C=O) groups excluding carboxylic acids is 1. The molecule has 0 unspecified atom stereocenters. The van der Waals surface area contributed by atoms with Gasteiger partial charge in [-0.2, -0.15) is 0 Å². The molecule has 0 heterocycles. The van der Waals surface area contributed by atoms with Gasteiger partial charge < -0.3 is 9.47 Å². The summed E-state index contributed by atoms with van der Waals surface area (Å²) in [5, 5.41) is 0. The summed E-state index contributed by atoms with van der Waals surface area (Å²) in [6, 6.07) is 18.8. The fourth-order valence-corrected chi connectivity index (χ4v) is 1.75. The van der Waals surface area contributed by atoms with Gasteiger partial charge in [-0.3, -0.25) is 0 Å². The van der Waals surface area contributed by atoms with Gasteiger partial charge in [-0.1, -0.05) is 67.1 Å². The van der Waals surface area contributed by atoms with E-state index in [4.69, 9.17) is 11.2 Å². The first-order valence-electron chi connectivity index (χ1n) is 5.74. The third-order valence-electron chi connectivity index (χ3n) is 2.56. The number of terminal acetylenes is 1. The molecule has 0 aliphatic carbocycles. The smallest absolute Gasteiger partial charge is 0.420 e. The van der Waals surface area contributed by atoms with E-state index in [9.17, 15) is 4.79 Å². The first kappa shape index (κ1) is 12.7. The lowest BCUT2D eigenvalue weighted by atomic mass is 10.0. The van der Waals surface area contributed by atoms with Gasteiger partial charge in [0.25, 0.3) is 0 Å². The summed E-state index contributed by atoms with van der Waals surface area (Å²) in [6.45, 7) is 0. The van der Waals surface area contributed by atoms with E-state index >= 15 is 0 Å². The summed E-state index contributed by atoms with van der Waals surface area (Å²) < 4.78 is 9.64. The molecule has 0 bridgehead atoms. The minimum absolute atomic E-state index is 0.539. The standard InChI is InChI=1S/C16H12O3/c1-2-18-16(17)19-15(13-9-5-3-6-10-13)14-11-7-4-8-12-14/h1,3-12,15H. The zero-order chi connectivity index (χ0) is 13.5. The van der Waals surface area contributed by atoms with Crippen molar-refractivity contribution in [1.82, 2.24) is 0 Å². The van der Waals surface area contributed by atoms with Crippen LogP contribution in [0.1, 0.15) is 17.2 Å². The molecular weight excluding hydrogens is 240 g/mol. The van der Waals surface area contributed by atoms with Crippen molar-refractivity contribution in [2.75, 3.05) is 0 Å². The second kappa shape index (κ2) is 6.27. The SMILES string of the molecule is C#COC(=O)OC(c1ccccc1)c1ccccc1. The molecule has 0 atom stereocenters. The number of hydrogen-bond acceptors (Lipinski definition) is 3. The van der Waals surface area contributed by atoms with E-state index < -0.39 is 12.3 Å². The van der Waals surface area contributed by atoms with E-state index in [2.05, 4.69) is 4.74 Å². The predicted octanol–water partition coefficient (Wildman–Crippen LogP) is 3.52. The molecule has 3 nitrogen and oxygen atoms in total. The van der Waals surface area contributed by atoms with Crippen molar-refractivity contribution in [1.29, 1.82) is 0 Å². The van der Waals surface area contributed by atoms with Crippen molar-refractivity contribution in [2.24, 2.45) is 0 Å². The van der Waals surface area contributed by atoms with Gasteiger partial charge in [0.05, 0.1) is 0 Å². The Morgan fingerprint density at radius 2 is 1.42 bits per heavy atom. The van der Waals surface area contributed by atoms with Crippen LogP contribution in [0.15, 0.2) is 60.7 Å². The van der Waals surface area contributed by atoms with Gasteiger partial charge in [-0.15, -0.1) is 0 Å². The summed E-state index contributed by atoms with van der Waals surface area (Å²) in [6.07, 6.45) is 5.28. The molecule has 2 rings (SSSR count). The highest BCUT2D eigenvalue weighted by molar-refractivity contribution is 5.62. The Balaban J connectivity index is 2.30. The highest BCUT2D eigenvalue weighted by Gasteiger charge is 2.19. The van der Waals surface area contributed by atoms with Crippen LogP contribution >= 0.6 is 0 Å². The van der Waals surface area contributed by atoms with Crippen LogP contribution in [0.3, 0.4) is 0 Å². The zero-order valence-electron chi connectivity index (χ0n) is 10.2. The average Bonchev–Trinajstić information content (AvgIpc) is 2.47. The molecule has 19 heavy (non-hydrogen) atoms. The molecule has 0 N–H and O–H groups in total. The van der Waals surface area contributed by atoms with Gasteiger partial charge >= 0.3 is 6.16 Å². The molecule has 94 valence electrons. The van der Waals surface area contributed by atoms with Crippen LogP contribution in [-0.2, 0) is 9.47 Å². The highest BCUT2D eigenvalue weighted by Crippen LogP contribution is 2.26. The van der Waals surface area contributed by atoms with E-state index in [-0.39, 0.29) is 0 Å². The van der Waals surface area contributed by atoms with Gasteiger partial charge in [-0.05, 0) is 11.1 Å². The van der Waals surface area contributed by atoms with Gasteiger partial charge in [0.15, 0.2) is 6.10 Å². The predicted molar refractivity (Wildman–Crippen MR) is 71.1 cm³/mol. The molecule has 0 radical (unpaired) electrons. The molecule has 2 aromatic carbocycles. The maximum absolute atomic E-state index is 11.4. The summed E-state index contributed by atoms with van der Waals surface area (Å²) in [7, 11) is 0. The maximum atomic E-state index is 11.4. The summed E-state index contributed by atoms with van der Waals surface area (Å²) in [4.78, 5) is 11.4. The summed E-state index contributed by atoms with van der Waals surface area (Å²) in [5.41, 5.74) is 1.70. The Morgan fingerprint density at radius 3 is 1.84 bits per heavy atom. The lowest BCUT2D eigenvalue weighted by Gasteiger charge is -2.17. The second-order valence-corrected chi connectivity index (χ2v) is 3.79. The fraction of sp³-hybridized carbons (Fsp3) is 0.0625. The Morgan fingerprint density at radius 1 is 0.947 bits per heavy atom. The molecule has 0 aliphatic heterocycles. The molecule has 2 aromatic rings. The van der Waals surface area contributed by atoms with Crippen LogP contribution in [0.25, 0.3) is 0 Å². The summed E-state index contributed by atoms with van der Waals surface area (Å²) >= 11 is 0. The third kappa shape index (κ3) is 3.36. The molecule has 0 amide bonds. The van der Waals surface area contributed by atoms with E-state index in [0.29, 0.717) is 0 Å². The maximum Gasteiger partial charge on any atom is 0.523 e. The molecule has 0 spiro atoms. The van der Waals surface area contributed by atoms with Crippen LogP contribution in [0.5, 0.6) is 0 Å². The van der Waals surface area contributed by atoms with Gasteiger partial charge in [0, 0.05) is 0 Å². The van der Waals surface area contributed by atoms with Crippen LogP contribution in [0, 0.1) is 12.5 Å². The van der Waals surface area contributed by atoms with Gasteiger partial charge in [-0.25, -0.2) is 4.79 Å². The van der Waals surface area contributed by atoms with Crippen molar-refractivity contribution in [3.05, 3.63) is 71.8 Å². The lowest BCUT2D eigenvalue weighted by Crippen LogP contribution is -2.12. The Kier molecular flexibility index (Phi) is 4.20. The van der Waals surface area contributed by atoms with E-state index in [1.807, 2.05) is 60.7 Å². The zero-order valence-corrected chi connectivity index (χ0v) is 10.2. The average molecular weight is 252 g/mol. The van der Waals surface area contributed by atoms with Crippen LogP contribution < -0.4 is 0 Å². The minimum atomic E-state index is -0.889. The molecule has 0 aromatic heterocycles. The number of carbonyl (C=O) groups is 1. The summed E-state index contributed by atoms with van der Waals surface area (Å²) in [5.74, 6) is 0. The van der Waals surface area contributed by atoms with Crippen LogP contribution in [0.4, 0.5) is 4.79 Å². The van der Waals surface area contributed by atoms with Crippen LogP contribution in [-0.4, -0.2) is 6.16 Å². The Hall–Kier alpha value is -2.73. The largest absolute Gasteiger partial charge is 0.523 e. The minimum Gasteiger partial charge on any atom is -0.420 e. The first-order chi connectivity index (χ1) is 9.31. The molecule has 3 heteroatoms. The number of hydrogen-bond donors (Lipinski definition) is 0. The number of ether oxygens (including phenoxy) is 2. The second-order valence-electron chi connectivity index (χ2n) is 3.79. The van der Waals surface area contributed by atoms with Crippen molar-refractivity contribution >= 4 is 6.16 Å². The van der Waals surface area contributed by atoms with E-state index in [0.717, 1.165) is 11.1 Å². The van der Waals surface area contributed by atoms with Crippen molar-refractivity contribution < 1.29 is 14.3 Å². The molecule has 0 fully saturated rings. The molecular formula is C16H12O3. The number of rotatable bonds is 3. The molecule has 0 saturated heterocycles. The van der Waals surface area contributed by atoms with Crippen molar-refractivity contribution in [2.45, 2.75) is 6.10 Å². The number of benzene rings is 2. The van der Waals surface area contributed by atoms with E-state index in [1.165, 1.54) is 0 Å². The van der Waals surface area contributed by atoms with Crippen molar-refractivity contribution in [3.63, 3.8) is 0 Å². The quantitative estimate of drug-likeness (QED) is 0.619. The van der Waals surface area contributed by atoms with Crippen LogP contribution in [0.2, 0.25) is 0 Å². The van der Waals surface area contributed by atoms with Gasteiger partial charge in [0.1, 0.15) is 6.11 Å². The van der Waals surface area contributed by atoms with Gasteiger partial charge in [0.2, 0.25) is 0 Å². The monoisotopic (exact) mass is 252 g/mol.